The summed E-state index contributed by atoms with van der Waals surface area (Å²) in [7, 11) is -3.35. The number of sulfone groups is 1. The van der Waals surface area contributed by atoms with Crippen LogP contribution < -0.4 is 10.5 Å². The smallest absolute Gasteiger partial charge is 0.249 e. The van der Waals surface area contributed by atoms with E-state index in [4.69, 9.17) is 15.7 Å². The van der Waals surface area contributed by atoms with E-state index in [0.29, 0.717) is 0 Å². The third-order valence-electron chi connectivity index (χ3n) is 2.46. The van der Waals surface area contributed by atoms with Gasteiger partial charge in [0.15, 0.2) is 21.4 Å². The molecule has 0 radical (unpaired) electrons. The van der Waals surface area contributed by atoms with Crippen LogP contribution in [0.25, 0.3) is 0 Å². The fourth-order valence-electron chi connectivity index (χ4n) is 1.50. The predicted octanol–water partition coefficient (Wildman–Crippen LogP) is 0.767. The minimum Gasteiger partial charge on any atom is -0.437 e. The fourth-order valence-corrected chi connectivity index (χ4v) is 2.16. The first-order chi connectivity index (χ1) is 9.91. The highest BCUT2D eigenvalue weighted by Gasteiger charge is 2.14. The Morgan fingerprint density at radius 2 is 2.05 bits per heavy atom. The summed E-state index contributed by atoms with van der Waals surface area (Å²) in [4.78, 5) is 7.93. The lowest BCUT2D eigenvalue weighted by molar-refractivity contribution is 0.318. The normalized spacial score (nSPS) is 12.1. The Hall–Kier alpha value is -2.68. The van der Waals surface area contributed by atoms with E-state index in [1.54, 1.807) is 6.07 Å². The molecule has 0 amide bonds. The SMILES string of the molecule is CS(=O)(=O)c1cccc(Oc2nccnc2C(N)=NO)c1. The molecule has 9 heteroatoms. The molecule has 1 heterocycles. The maximum absolute atomic E-state index is 11.5. The summed E-state index contributed by atoms with van der Waals surface area (Å²) in [6, 6.07) is 5.88. The van der Waals surface area contributed by atoms with Gasteiger partial charge in [0.2, 0.25) is 5.88 Å². The second-order valence-electron chi connectivity index (χ2n) is 4.04. The summed E-state index contributed by atoms with van der Waals surface area (Å²) in [6.07, 6.45) is 3.81. The van der Waals surface area contributed by atoms with E-state index in [9.17, 15) is 8.42 Å². The minimum absolute atomic E-state index is 0.00143. The molecule has 21 heavy (non-hydrogen) atoms. The number of aromatic nitrogens is 2. The molecule has 0 unspecified atom stereocenters. The van der Waals surface area contributed by atoms with Crippen LogP contribution in [0, 0.1) is 0 Å². The van der Waals surface area contributed by atoms with Crippen LogP contribution in [0.1, 0.15) is 5.69 Å². The Labute approximate surface area is 120 Å². The molecule has 1 aromatic heterocycles. The Kier molecular flexibility index (Phi) is 4.03. The Balaban J connectivity index is 2.40. The molecule has 0 fully saturated rings. The van der Waals surface area contributed by atoms with Crippen molar-refractivity contribution in [1.82, 2.24) is 9.97 Å². The minimum atomic E-state index is -3.35. The number of rotatable bonds is 4. The van der Waals surface area contributed by atoms with Gasteiger partial charge in [0, 0.05) is 18.6 Å². The average Bonchev–Trinajstić information content (AvgIpc) is 2.46. The summed E-state index contributed by atoms with van der Waals surface area (Å²) in [5.41, 5.74) is 5.52. The molecule has 110 valence electrons. The van der Waals surface area contributed by atoms with Gasteiger partial charge >= 0.3 is 0 Å². The second-order valence-corrected chi connectivity index (χ2v) is 6.06. The van der Waals surface area contributed by atoms with E-state index in [0.717, 1.165) is 6.26 Å². The molecule has 0 aliphatic rings. The monoisotopic (exact) mass is 308 g/mol. The van der Waals surface area contributed by atoms with Gasteiger partial charge in [0.1, 0.15) is 5.75 Å². The van der Waals surface area contributed by atoms with Gasteiger partial charge in [0.05, 0.1) is 4.90 Å². The van der Waals surface area contributed by atoms with Crippen LogP contribution in [0.5, 0.6) is 11.6 Å². The number of benzene rings is 1. The summed E-state index contributed by atoms with van der Waals surface area (Å²) in [5.74, 6) is -0.0266. The van der Waals surface area contributed by atoms with Crippen molar-refractivity contribution in [3.63, 3.8) is 0 Å². The van der Waals surface area contributed by atoms with E-state index in [1.807, 2.05) is 0 Å². The van der Waals surface area contributed by atoms with Crippen molar-refractivity contribution in [2.24, 2.45) is 10.9 Å². The molecule has 0 atom stereocenters. The molecular weight excluding hydrogens is 296 g/mol. The molecule has 0 spiro atoms. The zero-order valence-electron chi connectivity index (χ0n) is 11.0. The highest BCUT2D eigenvalue weighted by Crippen LogP contribution is 2.24. The van der Waals surface area contributed by atoms with Gasteiger partial charge in [-0.05, 0) is 18.2 Å². The van der Waals surface area contributed by atoms with Crippen LogP contribution >= 0.6 is 0 Å². The molecular formula is C12H12N4O4S. The summed E-state index contributed by atoms with van der Waals surface area (Å²) in [5, 5.41) is 11.5. The van der Waals surface area contributed by atoms with Gasteiger partial charge in [-0.3, -0.25) is 0 Å². The summed E-state index contributed by atoms with van der Waals surface area (Å²) in [6.45, 7) is 0. The number of hydrogen-bond acceptors (Lipinski definition) is 7. The van der Waals surface area contributed by atoms with Gasteiger partial charge in [-0.1, -0.05) is 11.2 Å². The van der Waals surface area contributed by atoms with E-state index in [-0.39, 0.29) is 28.1 Å². The zero-order chi connectivity index (χ0) is 15.5. The lowest BCUT2D eigenvalue weighted by atomic mass is 10.3. The highest BCUT2D eigenvalue weighted by molar-refractivity contribution is 7.90. The van der Waals surface area contributed by atoms with Crippen LogP contribution in [0.4, 0.5) is 0 Å². The zero-order valence-corrected chi connectivity index (χ0v) is 11.8. The molecule has 2 aromatic rings. The second kappa shape index (κ2) is 5.75. The quantitative estimate of drug-likeness (QED) is 0.369. The van der Waals surface area contributed by atoms with Crippen molar-refractivity contribution in [2.45, 2.75) is 4.90 Å². The molecule has 3 N–H and O–H groups in total. The largest absolute Gasteiger partial charge is 0.437 e. The van der Waals surface area contributed by atoms with Crippen LogP contribution in [0.15, 0.2) is 46.7 Å². The first kappa shape index (κ1) is 14.7. The van der Waals surface area contributed by atoms with E-state index in [1.165, 1.54) is 30.6 Å². The highest BCUT2D eigenvalue weighted by atomic mass is 32.2. The molecule has 2 rings (SSSR count). The molecule has 0 aliphatic carbocycles. The Bertz CT molecular complexity index is 789. The van der Waals surface area contributed by atoms with Crippen LogP contribution in [-0.2, 0) is 9.84 Å². The fraction of sp³-hybridized carbons (Fsp3) is 0.0833. The lowest BCUT2D eigenvalue weighted by Crippen LogP contribution is -2.16. The van der Waals surface area contributed by atoms with E-state index < -0.39 is 9.84 Å². The van der Waals surface area contributed by atoms with Crippen molar-refractivity contribution in [2.75, 3.05) is 6.26 Å². The molecule has 0 saturated carbocycles. The number of nitrogens with two attached hydrogens (primary N) is 1. The number of oxime groups is 1. The molecule has 0 bridgehead atoms. The first-order valence-electron chi connectivity index (χ1n) is 5.68. The van der Waals surface area contributed by atoms with Crippen LogP contribution in [-0.4, -0.2) is 35.7 Å². The van der Waals surface area contributed by atoms with E-state index in [2.05, 4.69) is 15.1 Å². The van der Waals surface area contributed by atoms with Crippen molar-refractivity contribution in [3.8, 4) is 11.6 Å². The van der Waals surface area contributed by atoms with Gasteiger partial charge in [0.25, 0.3) is 0 Å². The summed E-state index contributed by atoms with van der Waals surface area (Å²) >= 11 is 0. The van der Waals surface area contributed by atoms with Gasteiger partial charge in [-0.15, -0.1) is 0 Å². The first-order valence-corrected chi connectivity index (χ1v) is 7.58. The standard InChI is InChI=1S/C12H12N4O4S/c1-21(18,19)9-4-2-3-8(7-9)20-12-10(11(13)16-17)14-5-6-15-12/h2-7,17H,1H3,(H2,13,16). The molecule has 0 aliphatic heterocycles. The maximum atomic E-state index is 11.5. The average molecular weight is 308 g/mol. The van der Waals surface area contributed by atoms with Crippen molar-refractivity contribution in [3.05, 3.63) is 42.4 Å². The van der Waals surface area contributed by atoms with Gasteiger partial charge in [-0.25, -0.2) is 18.4 Å². The number of ether oxygens (including phenoxy) is 1. The Morgan fingerprint density at radius 3 is 2.71 bits per heavy atom. The van der Waals surface area contributed by atoms with Crippen LogP contribution in [0.3, 0.4) is 0 Å². The van der Waals surface area contributed by atoms with Crippen molar-refractivity contribution < 1.29 is 18.4 Å². The van der Waals surface area contributed by atoms with Gasteiger partial charge in [-0.2, -0.15) is 0 Å². The van der Waals surface area contributed by atoms with E-state index >= 15 is 0 Å². The third kappa shape index (κ3) is 3.45. The topological polar surface area (TPSA) is 128 Å². The number of amidine groups is 1. The molecule has 8 nitrogen and oxygen atoms in total. The Morgan fingerprint density at radius 1 is 1.33 bits per heavy atom. The van der Waals surface area contributed by atoms with Crippen LogP contribution in [0.2, 0.25) is 0 Å². The van der Waals surface area contributed by atoms with Crippen molar-refractivity contribution >= 4 is 15.7 Å². The number of hydrogen-bond donors (Lipinski definition) is 2. The van der Waals surface area contributed by atoms with Crippen molar-refractivity contribution in [1.29, 1.82) is 0 Å². The predicted molar refractivity (Wildman–Crippen MR) is 74.2 cm³/mol. The summed E-state index contributed by atoms with van der Waals surface area (Å²) < 4.78 is 28.5. The third-order valence-corrected chi connectivity index (χ3v) is 3.57. The molecule has 0 saturated heterocycles. The lowest BCUT2D eigenvalue weighted by Gasteiger charge is -2.08. The number of nitrogens with zero attached hydrogens (tertiary/aromatic N) is 3. The van der Waals surface area contributed by atoms with Gasteiger partial charge < -0.3 is 15.7 Å². The molecule has 1 aromatic carbocycles. The maximum Gasteiger partial charge on any atom is 0.249 e.